The lowest BCUT2D eigenvalue weighted by Crippen LogP contribution is -2.46. The second-order valence-electron chi connectivity index (χ2n) is 6.87. The molecule has 2 amide bonds. The highest BCUT2D eigenvalue weighted by molar-refractivity contribution is 5.74. The predicted molar refractivity (Wildman–Crippen MR) is 99.2 cm³/mol. The van der Waals surface area contributed by atoms with Gasteiger partial charge in [-0.05, 0) is 37.0 Å². The van der Waals surface area contributed by atoms with Crippen molar-refractivity contribution in [2.75, 3.05) is 0 Å². The first kappa shape index (κ1) is 18.4. The van der Waals surface area contributed by atoms with Gasteiger partial charge in [-0.25, -0.2) is 4.79 Å². The molecule has 1 aliphatic carbocycles. The van der Waals surface area contributed by atoms with Gasteiger partial charge < -0.3 is 14.8 Å². The summed E-state index contributed by atoms with van der Waals surface area (Å²) in [4.78, 5) is 19.0. The molecule has 0 atom stereocenters. The van der Waals surface area contributed by atoms with Crippen LogP contribution in [0.25, 0.3) is 0 Å². The summed E-state index contributed by atoms with van der Waals surface area (Å²) in [5, 5.41) is 11.1. The van der Waals surface area contributed by atoms with Crippen LogP contribution in [0.3, 0.4) is 0 Å². The van der Waals surface area contributed by atoms with Gasteiger partial charge in [-0.1, -0.05) is 26.2 Å². The van der Waals surface area contributed by atoms with Gasteiger partial charge in [-0.15, -0.1) is 10.2 Å². The van der Waals surface area contributed by atoms with Crippen LogP contribution in [0.15, 0.2) is 30.9 Å². The fraction of sp³-hybridized carbons (Fsp3) is 0.579. The lowest BCUT2D eigenvalue weighted by Gasteiger charge is -2.34. The quantitative estimate of drug-likeness (QED) is 0.827. The van der Waals surface area contributed by atoms with E-state index in [1.54, 1.807) is 18.7 Å². The highest BCUT2D eigenvalue weighted by Crippen LogP contribution is 2.24. The lowest BCUT2D eigenvalue weighted by molar-refractivity contribution is 0.150. The van der Waals surface area contributed by atoms with Crippen LogP contribution < -0.4 is 5.32 Å². The van der Waals surface area contributed by atoms with Crippen molar-refractivity contribution < 1.29 is 4.79 Å². The minimum atomic E-state index is -0.0280. The Kier molecular flexibility index (Phi) is 6.57. The number of carbonyl (C=O) groups excluding carboxylic acids is 1. The zero-order valence-electron chi connectivity index (χ0n) is 15.5. The summed E-state index contributed by atoms with van der Waals surface area (Å²) < 4.78 is 1.99. The average molecular weight is 356 g/mol. The van der Waals surface area contributed by atoms with Crippen LogP contribution in [0.4, 0.5) is 4.79 Å². The SMILES string of the molecule is CCCn1cnnc1CNC(=O)N(Cc1ccncc1)C1CCCCC1. The zero-order chi connectivity index (χ0) is 18.2. The van der Waals surface area contributed by atoms with Crippen molar-refractivity contribution in [2.24, 2.45) is 0 Å². The van der Waals surface area contributed by atoms with Crippen LogP contribution in [0.2, 0.25) is 0 Å². The maximum absolute atomic E-state index is 13.0. The molecule has 26 heavy (non-hydrogen) atoms. The molecule has 1 saturated carbocycles. The van der Waals surface area contributed by atoms with E-state index >= 15 is 0 Å². The van der Waals surface area contributed by atoms with Crippen LogP contribution in [-0.2, 0) is 19.6 Å². The molecule has 2 aromatic rings. The van der Waals surface area contributed by atoms with E-state index in [0.29, 0.717) is 19.1 Å². The maximum atomic E-state index is 13.0. The zero-order valence-corrected chi connectivity index (χ0v) is 15.5. The van der Waals surface area contributed by atoms with Crippen molar-refractivity contribution in [3.63, 3.8) is 0 Å². The first-order valence-corrected chi connectivity index (χ1v) is 9.58. The number of hydrogen-bond donors (Lipinski definition) is 1. The van der Waals surface area contributed by atoms with E-state index in [-0.39, 0.29) is 6.03 Å². The minimum absolute atomic E-state index is 0.0280. The van der Waals surface area contributed by atoms with E-state index < -0.39 is 0 Å². The first-order valence-electron chi connectivity index (χ1n) is 9.58. The number of carbonyl (C=O) groups is 1. The molecule has 3 rings (SSSR count). The number of rotatable bonds is 7. The Bertz CT molecular complexity index is 680. The van der Waals surface area contributed by atoms with Crippen LogP contribution in [0.1, 0.15) is 56.8 Å². The number of aromatic nitrogens is 4. The van der Waals surface area contributed by atoms with Crippen LogP contribution >= 0.6 is 0 Å². The molecule has 140 valence electrons. The third-order valence-electron chi connectivity index (χ3n) is 4.94. The predicted octanol–water partition coefficient (Wildman–Crippen LogP) is 3.13. The molecule has 0 radical (unpaired) electrons. The molecule has 0 aliphatic heterocycles. The third-order valence-corrected chi connectivity index (χ3v) is 4.94. The first-order chi connectivity index (χ1) is 12.8. The normalized spacial score (nSPS) is 15.0. The molecule has 7 heteroatoms. The van der Waals surface area contributed by atoms with Gasteiger partial charge in [0.05, 0.1) is 6.54 Å². The molecule has 0 aromatic carbocycles. The Hall–Kier alpha value is -2.44. The smallest absolute Gasteiger partial charge is 0.318 e. The number of hydrogen-bond acceptors (Lipinski definition) is 4. The summed E-state index contributed by atoms with van der Waals surface area (Å²) in [6.45, 7) is 3.99. The lowest BCUT2D eigenvalue weighted by atomic mass is 9.94. The van der Waals surface area contributed by atoms with Gasteiger partial charge in [0.2, 0.25) is 0 Å². The molecule has 0 saturated heterocycles. The van der Waals surface area contributed by atoms with Crippen molar-refractivity contribution in [2.45, 2.75) is 71.1 Å². The fourth-order valence-corrected chi connectivity index (χ4v) is 3.54. The maximum Gasteiger partial charge on any atom is 0.318 e. The van der Waals surface area contributed by atoms with Gasteiger partial charge in [-0.2, -0.15) is 0 Å². The Morgan fingerprint density at radius 2 is 2.04 bits per heavy atom. The van der Waals surface area contributed by atoms with Gasteiger partial charge in [-0.3, -0.25) is 4.98 Å². The van der Waals surface area contributed by atoms with Gasteiger partial charge in [0.25, 0.3) is 0 Å². The van der Waals surface area contributed by atoms with E-state index in [2.05, 4.69) is 27.4 Å². The van der Waals surface area contributed by atoms with Crippen molar-refractivity contribution in [3.8, 4) is 0 Å². The van der Waals surface area contributed by atoms with E-state index in [4.69, 9.17) is 0 Å². The van der Waals surface area contributed by atoms with E-state index in [0.717, 1.165) is 37.2 Å². The summed E-state index contributed by atoms with van der Waals surface area (Å²) in [5.74, 6) is 0.799. The van der Waals surface area contributed by atoms with Crippen LogP contribution in [0, 0.1) is 0 Å². The topological polar surface area (TPSA) is 75.9 Å². The minimum Gasteiger partial charge on any atom is -0.331 e. The van der Waals surface area contributed by atoms with E-state index in [1.807, 2.05) is 21.6 Å². The number of pyridine rings is 1. The van der Waals surface area contributed by atoms with E-state index in [9.17, 15) is 4.79 Å². The number of urea groups is 1. The largest absolute Gasteiger partial charge is 0.331 e. The molecule has 2 aromatic heterocycles. The highest BCUT2D eigenvalue weighted by atomic mass is 16.2. The molecule has 2 heterocycles. The second kappa shape index (κ2) is 9.31. The van der Waals surface area contributed by atoms with Gasteiger partial charge in [0.1, 0.15) is 6.33 Å². The average Bonchev–Trinajstić information content (AvgIpc) is 3.13. The molecule has 0 spiro atoms. The number of nitrogens with one attached hydrogen (secondary N) is 1. The molecule has 0 unspecified atom stereocenters. The Morgan fingerprint density at radius 3 is 2.77 bits per heavy atom. The third kappa shape index (κ3) is 4.80. The van der Waals surface area contributed by atoms with Gasteiger partial charge >= 0.3 is 6.03 Å². The summed E-state index contributed by atoms with van der Waals surface area (Å²) in [6.07, 6.45) is 12.1. The molecule has 1 aliphatic rings. The van der Waals surface area contributed by atoms with Crippen molar-refractivity contribution >= 4 is 6.03 Å². The summed E-state index contributed by atoms with van der Waals surface area (Å²) in [7, 11) is 0. The number of aryl methyl sites for hydroxylation is 1. The summed E-state index contributed by atoms with van der Waals surface area (Å²) in [6, 6.07) is 4.22. The summed E-state index contributed by atoms with van der Waals surface area (Å²) >= 11 is 0. The van der Waals surface area contributed by atoms with Crippen LogP contribution in [0.5, 0.6) is 0 Å². The van der Waals surface area contributed by atoms with Crippen molar-refractivity contribution in [3.05, 3.63) is 42.2 Å². The monoisotopic (exact) mass is 356 g/mol. The Morgan fingerprint density at radius 1 is 1.27 bits per heavy atom. The van der Waals surface area contributed by atoms with Gasteiger partial charge in [0.15, 0.2) is 5.82 Å². The van der Waals surface area contributed by atoms with Gasteiger partial charge in [0, 0.05) is 31.5 Å². The van der Waals surface area contributed by atoms with Crippen LogP contribution in [-0.4, -0.2) is 36.7 Å². The molecular formula is C19H28N6O. The second-order valence-corrected chi connectivity index (χ2v) is 6.87. The number of nitrogens with zero attached hydrogens (tertiary/aromatic N) is 5. The molecule has 1 fully saturated rings. The van der Waals surface area contributed by atoms with E-state index in [1.165, 1.54) is 19.3 Å². The Balaban J connectivity index is 1.66. The highest BCUT2D eigenvalue weighted by Gasteiger charge is 2.25. The molecule has 1 N–H and O–H groups in total. The standard InChI is InChI=1S/C19H28N6O/c1-2-12-24-15-22-23-18(24)13-21-19(26)25(17-6-4-3-5-7-17)14-16-8-10-20-11-9-16/h8-11,15,17H,2-7,12-14H2,1H3,(H,21,26). The number of amides is 2. The molecule has 7 nitrogen and oxygen atoms in total. The fourth-order valence-electron chi connectivity index (χ4n) is 3.54. The molecule has 0 bridgehead atoms. The Labute approximate surface area is 154 Å². The van der Waals surface area contributed by atoms with Crippen molar-refractivity contribution in [1.82, 2.24) is 30.0 Å². The molecular weight excluding hydrogens is 328 g/mol. The van der Waals surface area contributed by atoms with Crippen molar-refractivity contribution in [1.29, 1.82) is 0 Å². The summed E-state index contributed by atoms with van der Waals surface area (Å²) in [5.41, 5.74) is 1.11.